The molecule has 3 atom stereocenters. The van der Waals surface area contributed by atoms with Crippen molar-refractivity contribution in [1.29, 1.82) is 0 Å². The monoisotopic (exact) mass is 866 g/mol. The molecule has 0 aliphatic heterocycles. The van der Waals surface area contributed by atoms with Crippen molar-refractivity contribution in [2.24, 2.45) is 5.73 Å². The predicted molar refractivity (Wildman–Crippen MR) is 249 cm³/mol. The summed E-state index contributed by atoms with van der Waals surface area (Å²) in [5.41, 5.74) is 5.35. The van der Waals surface area contributed by atoms with Crippen LogP contribution in [0.1, 0.15) is 200 Å². The third kappa shape index (κ3) is 43.7. The lowest BCUT2D eigenvalue weighted by molar-refractivity contribution is -0.161. The van der Waals surface area contributed by atoms with E-state index < -0.39 is 38.6 Å². The van der Waals surface area contributed by atoms with Gasteiger partial charge in [0.15, 0.2) is 6.10 Å². The minimum absolute atomic E-state index is 0.0329. The van der Waals surface area contributed by atoms with Crippen molar-refractivity contribution in [2.75, 3.05) is 26.4 Å². The minimum atomic E-state index is -4.41. The first-order valence-corrected chi connectivity index (χ1v) is 25.4. The first kappa shape index (κ1) is 57.7. The first-order valence-electron chi connectivity index (χ1n) is 23.9. The number of aliphatic hydroxyl groups excluding tert-OH is 1. The van der Waals surface area contributed by atoms with Crippen molar-refractivity contribution in [3.05, 3.63) is 60.8 Å². The highest BCUT2D eigenvalue weighted by atomic mass is 31.2. The van der Waals surface area contributed by atoms with E-state index in [-0.39, 0.29) is 32.6 Å². The number of nitrogens with two attached hydrogens (primary N) is 1. The van der Waals surface area contributed by atoms with E-state index in [4.69, 9.17) is 24.3 Å². The minimum Gasteiger partial charge on any atom is -0.462 e. The Balaban J connectivity index is 4.19. The Kier molecular flexibility index (Phi) is 43.0. The lowest BCUT2D eigenvalue weighted by Crippen LogP contribution is -2.29. The van der Waals surface area contributed by atoms with Crippen molar-refractivity contribution in [2.45, 2.75) is 212 Å². The van der Waals surface area contributed by atoms with Crippen molar-refractivity contribution in [1.82, 2.24) is 0 Å². The summed E-state index contributed by atoms with van der Waals surface area (Å²) in [5.74, 6) is -0.932. The number of ether oxygens (including phenoxy) is 2. The highest BCUT2D eigenvalue weighted by Crippen LogP contribution is 2.43. The van der Waals surface area contributed by atoms with Gasteiger partial charge in [0, 0.05) is 19.4 Å². The van der Waals surface area contributed by atoms with Crippen LogP contribution in [0.15, 0.2) is 60.8 Å². The molecule has 2 unspecified atom stereocenters. The second kappa shape index (κ2) is 44.7. The second-order valence-electron chi connectivity index (χ2n) is 15.8. The third-order valence-corrected chi connectivity index (χ3v) is 11.0. The zero-order chi connectivity index (χ0) is 44.0. The number of rotatable bonds is 44. The van der Waals surface area contributed by atoms with Gasteiger partial charge in [0.25, 0.3) is 0 Å². The van der Waals surface area contributed by atoms with Crippen LogP contribution in [0.5, 0.6) is 0 Å². The molecule has 0 radical (unpaired) electrons. The van der Waals surface area contributed by atoms with E-state index in [0.717, 1.165) is 32.1 Å². The van der Waals surface area contributed by atoms with Gasteiger partial charge in [-0.15, -0.1) is 0 Å². The lowest BCUT2D eigenvalue weighted by atomic mass is 10.0. The molecule has 0 spiro atoms. The van der Waals surface area contributed by atoms with Gasteiger partial charge in [0.05, 0.1) is 19.3 Å². The molecule has 11 heteroatoms. The largest absolute Gasteiger partial charge is 0.472 e. The molecule has 0 aliphatic carbocycles. The van der Waals surface area contributed by atoms with E-state index in [9.17, 15) is 24.2 Å². The molecule has 0 rings (SSSR count). The van der Waals surface area contributed by atoms with Crippen LogP contribution >= 0.6 is 7.82 Å². The average molecular weight is 866 g/mol. The molecule has 0 saturated carbocycles. The molecule has 348 valence electrons. The Morgan fingerprint density at radius 1 is 0.600 bits per heavy atom. The van der Waals surface area contributed by atoms with E-state index in [0.29, 0.717) is 25.7 Å². The molecule has 0 aromatic carbocycles. The van der Waals surface area contributed by atoms with Crippen molar-refractivity contribution < 1.29 is 42.7 Å². The summed E-state index contributed by atoms with van der Waals surface area (Å²) < 4.78 is 32.8. The maximum absolute atomic E-state index is 12.6. The number of hydrogen-bond donors (Lipinski definition) is 3. The second-order valence-corrected chi connectivity index (χ2v) is 17.3. The third-order valence-electron chi connectivity index (χ3n) is 10.00. The van der Waals surface area contributed by atoms with Crippen LogP contribution < -0.4 is 5.73 Å². The summed E-state index contributed by atoms with van der Waals surface area (Å²) >= 11 is 0. The molecule has 0 saturated heterocycles. The number of unbranched alkanes of at least 4 members (excludes halogenated alkanes) is 21. The molecular weight excluding hydrogens is 778 g/mol. The summed E-state index contributed by atoms with van der Waals surface area (Å²) in [7, 11) is -4.41. The molecule has 4 N–H and O–H groups in total. The molecule has 0 aromatic heterocycles. The van der Waals surface area contributed by atoms with Crippen LogP contribution in [0.3, 0.4) is 0 Å². The van der Waals surface area contributed by atoms with Crippen molar-refractivity contribution >= 4 is 19.8 Å². The van der Waals surface area contributed by atoms with Gasteiger partial charge in [-0.2, -0.15) is 0 Å². The summed E-state index contributed by atoms with van der Waals surface area (Å²) in [6.07, 6.45) is 50.1. The van der Waals surface area contributed by atoms with E-state index in [1.54, 1.807) is 6.08 Å². The number of carbonyl (C=O) groups is 2. The Morgan fingerprint density at radius 3 is 1.68 bits per heavy atom. The molecule has 10 nitrogen and oxygen atoms in total. The summed E-state index contributed by atoms with van der Waals surface area (Å²) in [6, 6.07) is 0. The van der Waals surface area contributed by atoms with Crippen molar-refractivity contribution in [3.8, 4) is 0 Å². The number of phosphoric acid groups is 1. The quantitative estimate of drug-likeness (QED) is 0.0177. The van der Waals surface area contributed by atoms with E-state index >= 15 is 0 Å². The van der Waals surface area contributed by atoms with E-state index in [1.807, 2.05) is 36.5 Å². The molecule has 0 aliphatic rings. The summed E-state index contributed by atoms with van der Waals surface area (Å²) in [4.78, 5) is 34.9. The zero-order valence-corrected chi connectivity index (χ0v) is 38.9. The van der Waals surface area contributed by atoms with Gasteiger partial charge in [-0.25, -0.2) is 4.57 Å². The summed E-state index contributed by atoms with van der Waals surface area (Å²) in [6.45, 7) is 3.48. The molecule has 60 heavy (non-hydrogen) atoms. The normalized spacial score (nSPS) is 14.3. The molecular formula is C49H88NO9P. The SMILES string of the molecule is CC/C=C\C/C=C\CC(O)/C=C/C=C\C/C=C\CCCC(=O)O[C@H](COC(=O)CCCCCCCCCCCCCCCCCCCCCCC)COP(=O)(O)OCCN. The molecule has 0 heterocycles. The van der Waals surface area contributed by atoms with Crippen molar-refractivity contribution in [3.63, 3.8) is 0 Å². The maximum Gasteiger partial charge on any atom is 0.472 e. The smallest absolute Gasteiger partial charge is 0.462 e. The number of phosphoric ester groups is 1. The molecule has 0 amide bonds. The highest BCUT2D eigenvalue weighted by Gasteiger charge is 2.26. The van der Waals surface area contributed by atoms with Crippen LogP contribution in [0.4, 0.5) is 0 Å². The average Bonchev–Trinajstić information content (AvgIpc) is 3.23. The number of allylic oxidation sites excluding steroid dienone is 8. The first-order chi connectivity index (χ1) is 29.2. The van der Waals surface area contributed by atoms with E-state index in [2.05, 4.69) is 32.1 Å². The Labute approximate surface area is 366 Å². The van der Waals surface area contributed by atoms with Crippen LogP contribution in [0.25, 0.3) is 0 Å². The van der Waals surface area contributed by atoms with Gasteiger partial charge in [-0.3, -0.25) is 18.6 Å². The van der Waals surface area contributed by atoms with E-state index in [1.165, 1.54) is 116 Å². The molecule has 0 fully saturated rings. The standard InChI is InChI=1S/C49H88NO9P/c1-3-5-7-9-11-12-13-14-15-16-17-18-19-20-21-22-23-24-28-32-36-40-48(52)56-44-47(45-58-60(54,55)57-43-42-50)59-49(53)41-37-33-29-26-25-27-31-35-39-46(51)38-34-30-10-8-6-4-2/h6,8,26-27,29-31,34-35,39,46-47,51H,3-5,7,9-25,28,32-33,36-38,40-45,50H2,1-2H3,(H,54,55)/b8-6-,29-26-,31-27-,34-30-,39-35+/t46?,47-/m1/s1. The van der Waals surface area contributed by atoms with Gasteiger partial charge in [0.1, 0.15) is 6.61 Å². The predicted octanol–water partition coefficient (Wildman–Crippen LogP) is 13.0. The Bertz CT molecular complexity index is 1190. The molecule has 0 aromatic rings. The van der Waals surface area contributed by atoms with Gasteiger partial charge >= 0.3 is 19.8 Å². The summed E-state index contributed by atoms with van der Waals surface area (Å²) in [5, 5.41) is 10.0. The van der Waals surface area contributed by atoms with Crippen LogP contribution in [-0.4, -0.2) is 60.5 Å². The topological polar surface area (TPSA) is 155 Å². The number of esters is 2. The van der Waals surface area contributed by atoms with Gasteiger partial charge in [0.2, 0.25) is 0 Å². The number of aliphatic hydroxyl groups is 1. The van der Waals surface area contributed by atoms with Crippen LogP contribution in [0.2, 0.25) is 0 Å². The van der Waals surface area contributed by atoms with Crippen LogP contribution in [-0.2, 0) is 32.7 Å². The Morgan fingerprint density at radius 2 is 1.12 bits per heavy atom. The zero-order valence-electron chi connectivity index (χ0n) is 38.0. The maximum atomic E-state index is 12.6. The van der Waals surface area contributed by atoms with Crippen LogP contribution in [0, 0.1) is 0 Å². The van der Waals surface area contributed by atoms with Gasteiger partial charge in [-0.1, -0.05) is 203 Å². The fourth-order valence-electron chi connectivity index (χ4n) is 6.46. The highest BCUT2D eigenvalue weighted by molar-refractivity contribution is 7.47. The number of carbonyl (C=O) groups excluding carboxylic acids is 2. The van der Waals surface area contributed by atoms with Gasteiger partial charge < -0.3 is 25.2 Å². The fraction of sp³-hybridized carbons (Fsp3) is 0.755. The Hall–Kier alpha value is -2.33. The molecule has 0 bridgehead atoms. The fourth-order valence-corrected chi connectivity index (χ4v) is 7.23. The lowest BCUT2D eigenvalue weighted by Gasteiger charge is -2.19. The van der Waals surface area contributed by atoms with Gasteiger partial charge in [-0.05, 0) is 44.9 Å². The number of hydrogen-bond acceptors (Lipinski definition) is 9.